The Balaban J connectivity index is 3.11. The van der Waals surface area contributed by atoms with Gasteiger partial charge in [0.2, 0.25) is 0 Å². The summed E-state index contributed by atoms with van der Waals surface area (Å²) in [7, 11) is 0. The Labute approximate surface area is 99.9 Å². The second-order valence-corrected chi connectivity index (χ2v) is 3.28. The van der Waals surface area contributed by atoms with Crippen molar-refractivity contribution in [3.05, 3.63) is 33.9 Å². The van der Waals surface area contributed by atoms with E-state index in [2.05, 4.69) is 4.74 Å². The second kappa shape index (κ2) is 5.89. The Hall–Kier alpha value is -2.25. The molecule has 0 aliphatic rings. The summed E-state index contributed by atoms with van der Waals surface area (Å²) >= 11 is 0. The van der Waals surface area contributed by atoms with Gasteiger partial charge in [0.1, 0.15) is 5.75 Å². The molecule has 0 heterocycles. The van der Waals surface area contributed by atoms with E-state index in [4.69, 9.17) is 5.11 Å². The number of alkyl halides is 2. The Kier molecular flexibility index (Phi) is 4.52. The van der Waals surface area contributed by atoms with Crippen molar-refractivity contribution in [3.63, 3.8) is 0 Å². The van der Waals surface area contributed by atoms with Crippen LogP contribution in [0.5, 0.6) is 5.75 Å². The van der Waals surface area contributed by atoms with Gasteiger partial charge in [-0.2, -0.15) is 8.78 Å². The molecule has 0 unspecified atom stereocenters. The highest BCUT2D eigenvalue weighted by molar-refractivity contribution is 5.67. The van der Waals surface area contributed by atoms with Gasteiger partial charge >= 0.3 is 12.6 Å². The Bertz CT molecular complexity index is 464. The molecule has 1 N–H and O–H groups in total. The highest BCUT2D eigenvalue weighted by atomic mass is 19.3. The largest absolute Gasteiger partial charge is 0.481 e. The SMILES string of the molecule is O=C(O)CCc1c(OC(F)F)cccc1[N+](=O)[O-]. The summed E-state index contributed by atoms with van der Waals surface area (Å²) < 4.78 is 28.4. The summed E-state index contributed by atoms with van der Waals surface area (Å²) in [5.41, 5.74) is -0.584. The highest BCUT2D eigenvalue weighted by Crippen LogP contribution is 2.30. The minimum absolute atomic E-state index is 0.148. The molecule has 0 bridgehead atoms. The van der Waals surface area contributed by atoms with Crippen molar-refractivity contribution in [1.29, 1.82) is 0 Å². The van der Waals surface area contributed by atoms with Crippen LogP contribution in [0.4, 0.5) is 14.5 Å². The lowest BCUT2D eigenvalue weighted by molar-refractivity contribution is -0.385. The molecule has 0 spiro atoms. The minimum atomic E-state index is -3.13. The lowest BCUT2D eigenvalue weighted by Crippen LogP contribution is -2.08. The smallest absolute Gasteiger partial charge is 0.387 e. The lowest BCUT2D eigenvalue weighted by Gasteiger charge is -2.10. The van der Waals surface area contributed by atoms with Crippen molar-refractivity contribution in [2.45, 2.75) is 19.5 Å². The molecule has 18 heavy (non-hydrogen) atoms. The van der Waals surface area contributed by atoms with Gasteiger partial charge in [0.15, 0.2) is 0 Å². The maximum absolute atomic E-state index is 12.1. The van der Waals surface area contributed by atoms with Crippen LogP contribution in [0.1, 0.15) is 12.0 Å². The van der Waals surface area contributed by atoms with E-state index in [1.807, 2.05) is 0 Å². The molecule has 1 rings (SSSR count). The summed E-state index contributed by atoms with van der Waals surface area (Å²) in [5.74, 6) is -1.56. The molecule has 0 aliphatic carbocycles. The van der Waals surface area contributed by atoms with Gasteiger partial charge in [-0.1, -0.05) is 6.07 Å². The van der Waals surface area contributed by atoms with Crippen LogP contribution in [0.15, 0.2) is 18.2 Å². The number of ether oxygens (including phenoxy) is 1. The molecule has 6 nitrogen and oxygen atoms in total. The van der Waals surface area contributed by atoms with Gasteiger partial charge in [-0.25, -0.2) is 0 Å². The molecule has 0 fully saturated rings. The van der Waals surface area contributed by atoms with E-state index in [1.165, 1.54) is 6.07 Å². The molecule has 0 saturated heterocycles. The number of carbonyl (C=O) groups is 1. The molecule has 0 saturated carbocycles. The molecule has 0 aliphatic heterocycles. The fraction of sp³-hybridized carbons (Fsp3) is 0.300. The number of carboxylic acids is 1. The van der Waals surface area contributed by atoms with E-state index in [9.17, 15) is 23.7 Å². The molecule has 1 aromatic rings. The summed E-state index contributed by atoms with van der Waals surface area (Å²) in [6.45, 7) is -3.13. The van der Waals surface area contributed by atoms with Gasteiger partial charge in [0, 0.05) is 12.5 Å². The maximum atomic E-state index is 12.1. The normalized spacial score (nSPS) is 10.4. The Morgan fingerprint density at radius 3 is 2.67 bits per heavy atom. The number of carboxylic acid groups (broad SMARTS) is 1. The van der Waals surface area contributed by atoms with Gasteiger partial charge < -0.3 is 9.84 Å². The van der Waals surface area contributed by atoms with Crippen molar-refractivity contribution in [3.8, 4) is 5.75 Å². The maximum Gasteiger partial charge on any atom is 0.387 e. The number of hydrogen-bond donors (Lipinski definition) is 1. The number of nitrogens with zero attached hydrogens (tertiary/aromatic N) is 1. The van der Waals surface area contributed by atoms with E-state index in [-0.39, 0.29) is 17.7 Å². The summed E-state index contributed by atoms with van der Waals surface area (Å²) in [4.78, 5) is 20.4. The van der Waals surface area contributed by atoms with Crippen molar-refractivity contribution < 1.29 is 28.3 Å². The standard InChI is InChI=1S/C10H9F2NO5/c11-10(12)18-8-3-1-2-7(13(16)17)6(8)4-5-9(14)15/h1-3,10H,4-5H2,(H,14,15). The third kappa shape index (κ3) is 3.65. The van der Waals surface area contributed by atoms with Crippen LogP contribution in [0.25, 0.3) is 0 Å². The number of aliphatic carboxylic acids is 1. The van der Waals surface area contributed by atoms with Gasteiger partial charge in [0.25, 0.3) is 5.69 Å². The van der Waals surface area contributed by atoms with Crippen LogP contribution in [0.3, 0.4) is 0 Å². The predicted octanol–water partition coefficient (Wildman–Crippen LogP) is 2.21. The average molecular weight is 261 g/mol. The summed E-state index contributed by atoms with van der Waals surface area (Å²) in [6, 6.07) is 3.44. The number of nitro groups is 1. The predicted molar refractivity (Wildman–Crippen MR) is 55.7 cm³/mol. The van der Waals surface area contributed by atoms with Crippen LogP contribution >= 0.6 is 0 Å². The molecule has 0 amide bonds. The van der Waals surface area contributed by atoms with Gasteiger partial charge in [-0.15, -0.1) is 0 Å². The van der Waals surface area contributed by atoms with E-state index < -0.39 is 29.6 Å². The van der Waals surface area contributed by atoms with Crippen LogP contribution in [0, 0.1) is 10.1 Å². The fourth-order valence-electron chi connectivity index (χ4n) is 1.41. The Morgan fingerprint density at radius 1 is 1.50 bits per heavy atom. The monoisotopic (exact) mass is 261 g/mol. The molecule has 1 aromatic carbocycles. The lowest BCUT2D eigenvalue weighted by atomic mass is 10.1. The van der Waals surface area contributed by atoms with Crippen LogP contribution in [0.2, 0.25) is 0 Å². The van der Waals surface area contributed by atoms with Crippen molar-refractivity contribution >= 4 is 11.7 Å². The molecule has 0 radical (unpaired) electrons. The molecule has 0 atom stereocenters. The van der Waals surface area contributed by atoms with Gasteiger partial charge in [-0.05, 0) is 12.5 Å². The zero-order valence-corrected chi connectivity index (χ0v) is 9.01. The first kappa shape index (κ1) is 13.8. The molecular weight excluding hydrogens is 252 g/mol. The third-order valence-corrected chi connectivity index (χ3v) is 2.11. The summed E-state index contributed by atoms with van der Waals surface area (Å²) in [5, 5.41) is 19.2. The number of rotatable bonds is 6. The summed E-state index contributed by atoms with van der Waals surface area (Å²) in [6.07, 6.45) is -0.668. The highest BCUT2D eigenvalue weighted by Gasteiger charge is 2.21. The van der Waals surface area contributed by atoms with E-state index in [1.54, 1.807) is 0 Å². The third-order valence-electron chi connectivity index (χ3n) is 2.11. The first-order valence-electron chi connectivity index (χ1n) is 4.84. The Morgan fingerprint density at radius 2 is 2.17 bits per heavy atom. The number of benzene rings is 1. The van der Waals surface area contributed by atoms with E-state index in [0.29, 0.717) is 0 Å². The second-order valence-electron chi connectivity index (χ2n) is 3.28. The van der Waals surface area contributed by atoms with Gasteiger partial charge in [0.05, 0.1) is 10.5 Å². The number of hydrogen-bond acceptors (Lipinski definition) is 4. The quantitative estimate of drug-likeness (QED) is 0.626. The zero-order valence-electron chi connectivity index (χ0n) is 9.01. The van der Waals surface area contributed by atoms with Crippen LogP contribution < -0.4 is 4.74 Å². The molecule has 8 heteroatoms. The fourth-order valence-corrected chi connectivity index (χ4v) is 1.41. The van der Waals surface area contributed by atoms with Crippen molar-refractivity contribution in [1.82, 2.24) is 0 Å². The number of nitro benzene ring substituents is 1. The topological polar surface area (TPSA) is 89.7 Å². The van der Waals surface area contributed by atoms with E-state index >= 15 is 0 Å². The first-order chi connectivity index (χ1) is 8.41. The number of halogens is 2. The van der Waals surface area contributed by atoms with E-state index in [0.717, 1.165) is 12.1 Å². The van der Waals surface area contributed by atoms with Crippen molar-refractivity contribution in [2.24, 2.45) is 0 Å². The minimum Gasteiger partial charge on any atom is -0.481 e. The average Bonchev–Trinajstić information content (AvgIpc) is 2.25. The molecule has 0 aromatic heterocycles. The zero-order chi connectivity index (χ0) is 13.7. The van der Waals surface area contributed by atoms with Crippen molar-refractivity contribution in [2.75, 3.05) is 0 Å². The first-order valence-corrected chi connectivity index (χ1v) is 4.84. The van der Waals surface area contributed by atoms with Crippen LogP contribution in [-0.2, 0) is 11.2 Å². The molecule has 98 valence electrons. The van der Waals surface area contributed by atoms with Gasteiger partial charge in [-0.3, -0.25) is 14.9 Å². The van der Waals surface area contributed by atoms with Crippen LogP contribution in [-0.4, -0.2) is 22.6 Å². The molecular formula is C10H9F2NO5.